The molecule has 2 heterocycles. The van der Waals surface area contributed by atoms with Crippen LogP contribution < -0.4 is 23.7 Å². The molecule has 0 aliphatic heterocycles. The van der Waals surface area contributed by atoms with E-state index in [0.29, 0.717) is 28.7 Å². The summed E-state index contributed by atoms with van der Waals surface area (Å²) in [4.78, 5) is 10.2. The van der Waals surface area contributed by atoms with Crippen LogP contribution >= 0.6 is 11.8 Å². The molecule has 0 aliphatic carbocycles. The lowest BCUT2D eigenvalue weighted by Crippen LogP contribution is -1.98. The Labute approximate surface area is 190 Å². The Bertz CT molecular complexity index is 1230. The third-order valence-corrected chi connectivity index (χ3v) is 5.83. The third kappa shape index (κ3) is 3.99. The van der Waals surface area contributed by atoms with E-state index in [1.54, 1.807) is 41.7 Å². The molecule has 0 aliphatic rings. The summed E-state index contributed by atoms with van der Waals surface area (Å²) in [5, 5.41) is 0.735. The highest BCUT2D eigenvalue weighted by atomic mass is 32.2. The Morgan fingerprint density at radius 1 is 0.750 bits per heavy atom. The van der Waals surface area contributed by atoms with Crippen molar-refractivity contribution in [2.24, 2.45) is 0 Å². The summed E-state index contributed by atoms with van der Waals surface area (Å²) < 4.78 is 29.1. The predicted molar refractivity (Wildman–Crippen MR) is 122 cm³/mol. The molecule has 0 bridgehead atoms. The molecule has 0 fully saturated rings. The Morgan fingerprint density at radius 3 is 2.06 bits per heavy atom. The lowest BCUT2D eigenvalue weighted by Gasteiger charge is -2.14. The van der Waals surface area contributed by atoms with Crippen LogP contribution in [-0.4, -0.2) is 49.9 Å². The average Bonchev–Trinajstić information content (AvgIpc) is 3.32. The van der Waals surface area contributed by atoms with Crippen LogP contribution in [0.5, 0.6) is 28.7 Å². The minimum Gasteiger partial charge on any atom is -0.493 e. The molecule has 32 heavy (non-hydrogen) atoms. The number of rotatable bonds is 8. The Balaban J connectivity index is 1.80. The van der Waals surface area contributed by atoms with Gasteiger partial charge in [0.25, 0.3) is 0 Å². The Morgan fingerprint density at radius 2 is 1.44 bits per heavy atom. The van der Waals surface area contributed by atoms with Gasteiger partial charge in [-0.3, -0.25) is 4.40 Å². The van der Waals surface area contributed by atoms with Gasteiger partial charge in [-0.25, -0.2) is 9.97 Å². The molecule has 8 nitrogen and oxygen atoms in total. The minimum atomic E-state index is 0.541. The summed E-state index contributed by atoms with van der Waals surface area (Å²) in [5.74, 6) is 2.98. The molecule has 0 N–H and O–H groups in total. The molecular formula is C23H23N3O5S. The first-order valence-corrected chi connectivity index (χ1v) is 10.5. The van der Waals surface area contributed by atoms with Gasteiger partial charge in [-0.2, -0.15) is 0 Å². The lowest BCUT2D eigenvalue weighted by molar-refractivity contribution is 0.323. The van der Waals surface area contributed by atoms with Crippen molar-refractivity contribution in [2.75, 3.05) is 35.5 Å². The van der Waals surface area contributed by atoms with Crippen LogP contribution in [0.4, 0.5) is 0 Å². The maximum Gasteiger partial charge on any atom is 0.203 e. The fraction of sp³-hybridized carbons (Fsp3) is 0.217. The van der Waals surface area contributed by atoms with Crippen molar-refractivity contribution in [1.82, 2.24) is 14.4 Å². The summed E-state index contributed by atoms with van der Waals surface area (Å²) in [6.07, 6.45) is 3.62. The van der Waals surface area contributed by atoms with E-state index in [2.05, 4.69) is 4.98 Å². The Kier molecular flexibility index (Phi) is 6.27. The minimum absolute atomic E-state index is 0.541. The van der Waals surface area contributed by atoms with Gasteiger partial charge in [0.1, 0.15) is 5.65 Å². The van der Waals surface area contributed by atoms with Crippen molar-refractivity contribution < 1.29 is 23.7 Å². The molecule has 0 amide bonds. The zero-order valence-electron chi connectivity index (χ0n) is 18.4. The first-order chi connectivity index (χ1) is 15.6. The predicted octanol–water partition coefficient (Wildman–Crippen LogP) is 4.59. The van der Waals surface area contributed by atoms with Crippen molar-refractivity contribution in [3.63, 3.8) is 0 Å². The van der Waals surface area contributed by atoms with Crippen LogP contribution in [-0.2, 0) is 0 Å². The third-order valence-electron chi connectivity index (χ3n) is 4.88. The summed E-state index contributed by atoms with van der Waals surface area (Å²) in [6, 6.07) is 11.4. The summed E-state index contributed by atoms with van der Waals surface area (Å²) >= 11 is 1.47. The van der Waals surface area contributed by atoms with Crippen molar-refractivity contribution in [3.05, 3.63) is 48.8 Å². The van der Waals surface area contributed by atoms with Crippen molar-refractivity contribution >= 4 is 17.4 Å². The largest absolute Gasteiger partial charge is 0.493 e. The SMILES string of the molecule is COc1ccc(-c2cc3nccn3c(Sc3cc(OC)c(OC)c(OC)c3)n2)cc1OC. The molecule has 0 saturated carbocycles. The van der Waals surface area contributed by atoms with Gasteiger partial charge in [-0.05, 0) is 30.3 Å². The number of hydrogen-bond acceptors (Lipinski definition) is 8. The lowest BCUT2D eigenvalue weighted by atomic mass is 10.1. The van der Waals surface area contributed by atoms with Gasteiger partial charge in [0.2, 0.25) is 5.75 Å². The van der Waals surface area contributed by atoms with E-state index in [4.69, 9.17) is 28.7 Å². The van der Waals surface area contributed by atoms with E-state index in [-0.39, 0.29) is 0 Å². The highest BCUT2D eigenvalue weighted by Gasteiger charge is 2.17. The van der Waals surface area contributed by atoms with Crippen LogP contribution in [0.3, 0.4) is 0 Å². The average molecular weight is 454 g/mol. The molecule has 4 rings (SSSR count). The second-order valence-corrected chi connectivity index (χ2v) is 7.65. The van der Waals surface area contributed by atoms with Crippen LogP contribution in [0.15, 0.2) is 58.8 Å². The monoisotopic (exact) mass is 453 g/mol. The number of fused-ring (bicyclic) bond motifs is 1. The van der Waals surface area contributed by atoms with Gasteiger partial charge in [0.05, 0.1) is 41.2 Å². The maximum atomic E-state index is 5.49. The van der Waals surface area contributed by atoms with E-state index >= 15 is 0 Å². The molecule has 2 aromatic heterocycles. The van der Waals surface area contributed by atoms with Gasteiger partial charge in [-0.1, -0.05) is 11.8 Å². The van der Waals surface area contributed by atoms with Crippen LogP contribution in [0.25, 0.3) is 16.9 Å². The molecule has 0 spiro atoms. The fourth-order valence-electron chi connectivity index (χ4n) is 3.33. The van der Waals surface area contributed by atoms with E-state index in [1.165, 1.54) is 11.8 Å². The zero-order chi connectivity index (χ0) is 22.7. The van der Waals surface area contributed by atoms with Crippen LogP contribution in [0, 0.1) is 0 Å². The fourth-order valence-corrected chi connectivity index (χ4v) is 4.27. The van der Waals surface area contributed by atoms with Crippen molar-refractivity contribution in [3.8, 4) is 40.0 Å². The summed E-state index contributed by atoms with van der Waals surface area (Å²) in [6.45, 7) is 0. The zero-order valence-corrected chi connectivity index (χ0v) is 19.2. The molecule has 0 atom stereocenters. The van der Waals surface area contributed by atoms with Gasteiger partial charge < -0.3 is 23.7 Å². The van der Waals surface area contributed by atoms with Gasteiger partial charge >= 0.3 is 0 Å². The number of hydrogen-bond donors (Lipinski definition) is 0. The molecule has 0 unspecified atom stereocenters. The van der Waals surface area contributed by atoms with E-state index in [9.17, 15) is 0 Å². The van der Waals surface area contributed by atoms with Gasteiger partial charge in [-0.15, -0.1) is 0 Å². The summed E-state index contributed by atoms with van der Waals surface area (Å²) in [5.41, 5.74) is 2.43. The number of benzene rings is 2. The summed E-state index contributed by atoms with van der Waals surface area (Å²) in [7, 11) is 7.99. The number of aromatic nitrogens is 3. The van der Waals surface area contributed by atoms with E-state index in [1.807, 2.05) is 47.0 Å². The first-order valence-electron chi connectivity index (χ1n) is 9.66. The number of methoxy groups -OCH3 is 5. The number of nitrogens with zero attached hydrogens (tertiary/aromatic N) is 3. The van der Waals surface area contributed by atoms with Crippen molar-refractivity contribution in [2.45, 2.75) is 10.1 Å². The van der Waals surface area contributed by atoms with E-state index < -0.39 is 0 Å². The molecular weight excluding hydrogens is 430 g/mol. The standard InChI is InChI=1S/C23H23N3O5S/c1-27-17-7-6-14(10-18(17)28-2)16-13-21-24-8-9-26(21)23(25-16)32-15-11-19(29-3)22(31-5)20(12-15)30-4/h6-13H,1-5H3. The maximum absolute atomic E-state index is 5.49. The highest BCUT2D eigenvalue weighted by molar-refractivity contribution is 7.99. The number of imidazole rings is 1. The molecule has 166 valence electrons. The Hall–Kier alpha value is -3.59. The second kappa shape index (κ2) is 9.27. The molecule has 4 aromatic rings. The number of ether oxygens (including phenoxy) is 5. The van der Waals surface area contributed by atoms with Crippen LogP contribution in [0.1, 0.15) is 0 Å². The van der Waals surface area contributed by atoms with Crippen molar-refractivity contribution in [1.29, 1.82) is 0 Å². The molecule has 0 saturated heterocycles. The van der Waals surface area contributed by atoms with E-state index in [0.717, 1.165) is 27.0 Å². The smallest absolute Gasteiger partial charge is 0.203 e. The van der Waals surface area contributed by atoms with Crippen LogP contribution in [0.2, 0.25) is 0 Å². The topological polar surface area (TPSA) is 76.3 Å². The second-order valence-electron chi connectivity index (χ2n) is 6.61. The molecule has 9 heteroatoms. The normalized spacial score (nSPS) is 10.8. The highest BCUT2D eigenvalue weighted by Crippen LogP contribution is 2.42. The van der Waals surface area contributed by atoms with Gasteiger partial charge in [0.15, 0.2) is 28.2 Å². The molecule has 0 radical (unpaired) electrons. The molecule has 2 aromatic carbocycles. The van der Waals surface area contributed by atoms with Gasteiger partial charge in [0, 0.05) is 28.9 Å². The first kappa shape index (κ1) is 21.6. The quantitative estimate of drug-likeness (QED) is 0.359.